The van der Waals surface area contributed by atoms with E-state index in [4.69, 9.17) is 4.74 Å². The van der Waals surface area contributed by atoms with Crippen molar-refractivity contribution in [2.75, 3.05) is 31.6 Å². The molecule has 2 N–H and O–H groups in total. The molecule has 2 rings (SSSR count). The van der Waals surface area contributed by atoms with Gasteiger partial charge in [0.25, 0.3) is 5.91 Å². The lowest BCUT2D eigenvalue weighted by atomic mass is 10.0. The van der Waals surface area contributed by atoms with Crippen LogP contribution >= 0.6 is 11.3 Å². The van der Waals surface area contributed by atoms with Crippen molar-refractivity contribution < 1.29 is 19.2 Å². The number of hydrogen-bond acceptors (Lipinski definition) is 4. The van der Waals surface area contributed by atoms with Crippen LogP contribution in [0.1, 0.15) is 62.4 Å². The fourth-order valence-corrected chi connectivity index (χ4v) is 4.33. The number of nitrogens with one attached hydrogen (secondary N) is 2. The molecule has 30 heavy (non-hydrogen) atoms. The minimum atomic E-state index is -0.397. The van der Waals surface area contributed by atoms with Gasteiger partial charge in [-0.25, -0.2) is 4.79 Å². The molecule has 0 aliphatic rings. The summed E-state index contributed by atoms with van der Waals surface area (Å²) in [6.07, 6.45) is 4.46. The van der Waals surface area contributed by atoms with Crippen LogP contribution in [-0.2, 0) is 9.53 Å². The van der Waals surface area contributed by atoms with E-state index in [0.29, 0.717) is 23.7 Å². The number of hydrogen-bond donors (Lipinski definition) is 2. The third kappa shape index (κ3) is 6.96. The number of esters is 1. The predicted molar refractivity (Wildman–Crippen MR) is 124 cm³/mol. The minimum Gasteiger partial charge on any atom is -0.462 e. The topological polar surface area (TPSA) is 59.8 Å². The molecule has 0 fully saturated rings. The van der Waals surface area contributed by atoms with Crippen LogP contribution in [0.3, 0.4) is 0 Å². The third-order valence-electron chi connectivity index (χ3n) is 5.06. The average Bonchev–Trinajstić information content (AvgIpc) is 3.14. The summed E-state index contributed by atoms with van der Waals surface area (Å²) in [5.41, 5.74) is 3.35. The third-order valence-corrected chi connectivity index (χ3v) is 5.96. The molecule has 0 spiro atoms. The van der Waals surface area contributed by atoms with Gasteiger partial charge in [0, 0.05) is 10.9 Å². The Morgan fingerprint density at radius 3 is 2.23 bits per heavy atom. The SMILES string of the molecule is CCCC[NH+](CCCC)CC(=O)Nc1scc(-c2ccc(C)cc2)c1C(=O)OCC. The zero-order chi connectivity index (χ0) is 21.9. The van der Waals surface area contributed by atoms with E-state index in [9.17, 15) is 9.59 Å². The zero-order valence-electron chi connectivity index (χ0n) is 18.7. The molecule has 1 aromatic carbocycles. The van der Waals surface area contributed by atoms with Gasteiger partial charge in [0.05, 0.1) is 19.7 Å². The van der Waals surface area contributed by atoms with E-state index in [1.54, 1.807) is 6.92 Å². The molecule has 0 radical (unpaired) electrons. The van der Waals surface area contributed by atoms with Crippen LogP contribution in [0.5, 0.6) is 0 Å². The fourth-order valence-electron chi connectivity index (χ4n) is 3.35. The molecule has 164 valence electrons. The van der Waals surface area contributed by atoms with Gasteiger partial charge in [0.1, 0.15) is 10.6 Å². The first-order chi connectivity index (χ1) is 14.5. The number of carbonyl (C=O) groups is 2. The highest BCUT2D eigenvalue weighted by Gasteiger charge is 2.24. The van der Waals surface area contributed by atoms with Gasteiger partial charge in [-0.3, -0.25) is 4.79 Å². The largest absolute Gasteiger partial charge is 0.462 e. The molecule has 1 aromatic heterocycles. The molecule has 0 saturated heterocycles. The number of carbonyl (C=O) groups excluding carboxylic acids is 2. The van der Waals surface area contributed by atoms with Gasteiger partial charge in [0.15, 0.2) is 6.54 Å². The van der Waals surface area contributed by atoms with E-state index < -0.39 is 5.97 Å². The summed E-state index contributed by atoms with van der Waals surface area (Å²) in [6, 6.07) is 8.02. The van der Waals surface area contributed by atoms with Crippen LogP contribution in [0.2, 0.25) is 0 Å². The second kappa shape index (κ2) is 12.5. The molecule has 5 nitrogen and oxygen atoms in total. The minimum absolute atomic E-state index is 0.0555. The zero-order valence-corrected chi connectivity index (χ0v) is 19.5. The summed E-state index contributed by atoms with van der Waals surface area (Å²) >= 11 is 1.38. The quantitative estimate of drug-likeness (QED) is 0.492. The average molecular weight is 432 g/mol. The summed E-state index contributed by atoms with van der Waals surface area (Å²) in [6.45, 7) is 10.9. The summed E-state index contributed by atoms with van der Waals surface area (Å²) in [7, 11) is 0. The Morgan fingerprint density at radius 2 is 1.67 bits per heavy atom. The molecule has 0 unspecified atom stereocenters. The molecule has 1 heterocycles. The van der Waals surface area contributed by atoms with Crippen molar-refractivity contribution in [3.05, 3.63) is 40.8 Å². The van der Waals surface area contributed by atoms with Crippen molar-refractivity contribution >= 4 is 28.2 Å². The lowest BCUT2D eigenvalue weighted by molar-refractivity contribution is -0.892. The van der Waals surface area contributed by atoms with Crippen LogP contribution in [0.25, 0.3) is 11.1 Å². The van der Waals surface area contributed by atoms with Crippen molar-refractivity contribution in [3.63, 3.8) is 0 Å². The number of anilines is 1. The maximum Gasteiger partial charge on any atom is 0.341 e. The van der Waals surface area contributed by atoms with Gasteiger partial charge < -0.3 is 15.0 Å². The number of amides is 1. The molecular weight excluding hydrogens is 396 g/mol. The highest BCUT2D eigenvalue weighted by atomic mass is 32.1. The van der Waals surface area contributed by atoms with Crippen molar-refractivity contribution in [1.29, 1.82) is 0 Å². The van der Waals surface area contributed by atoms with Crippen LogP contribution in [-0.4, -0.2) is 38.1 Å². The normalized spacial score (nSPS) is 11.0. The lowest BCUT2D eigenvalue weighted by Gasteiger charge is -2.18. The van der Waals surface area contributed by atoms with Gasteiger partial charge in [0.2, 0.25) is 0 Å². The summed E-state index contributed by atoms with van der Waals surface area (Å²) in [4.78, 5) is 26.8. The van der Waals surface area contributed by atoms with Gasteiger partial charge in [-0.2, -0.15) is 0 Å². The van der Waals surface area contributed by atoms with Crippen LogP contribution in [0, 0.1) is 6.92 Å². The molecule has 0 aliphatic heterocycles. The molecule has 2 aromatic rings. The number of benzene rings is 1. The Bertz CT molecular complexity index is 806. The molecule has 0 aliphatic carbocycles. The Kier molecular flexibility index (Phi) is 10.0. The monoisotopic (exact) mass is 431 g/mol. The van der Waals surface area contributed by atoms with Crippen LogP contribution in [0.4, 0.5) is 5.00 Å². The predicted octanol–water partition coefficient (Wildman–Crippen LogP) is 4.32. The molecule has 0 atom stereocenters. The van der Waals surface area contributed by atoms with Crippen molar-refractivity contribution in [2.45, 2.75) is 53.4 Å². The second-order valence-electron chi connectivity index (χ2n) is 7.62. The Morgan fingerprint density at radius 1 is 1.03 bits per heavy atom. The Balaban J connectivity index is 2.22. The highest BCUT2D eigenvalue weighted by molar-refractivity contribution is 7.15. The summed E-state index contributed by atoms with van der Waals surface area (Å²) in [5.74, 6) is -0.453. The van der Waals surface area contributed by atoms with E-state index in [-0.39, 0.29) is 5.91 Å². The van der Waals surface area contributed by atoms with Gasteiger partial charge >= 0.3 is 5.97 Å². The van der Waals surface area contributed by atoms with Gasteiger partial charge in [-0.15, -0.1) is 11.3 Å². The molecular formula is C24H35N2O3S+. The first kappa shape index (κ1) is 24.1. The second-order valence-corrected chi connectivity index (χ2v) is 8.50. The van der Waals surface area contributed by atoms with Crippen molar-refractivity contribution in [1.82, 2.24) is 0 Å². The smallest absolute Gasteiger partial charge is 0.341 e. The van der Waals surface area contributed by atoms with Crippen LogP contribution in [0.15, 0.2) is 29.6 Å². The number of unbranched alkanes of at least 4 members (excludes halogenated alkanes) is 2. The van der Waals surface area contributed by atoms with E-state index in [1.807, 2.05) is 36.6 Å². The lowest BCUT2D eigenvalue weighted by Crippen LogP contribution is -3.13. The van der Waals surface area contributed by atoms with E-state index in [1.165, 1.54) is 16.2 Å². The molecule has 0 saturated carbocycles. The maximum atomic E-state index is 12.8. The molecule has 6 heteroatoms. The van der Waals surface area contributed by atoms with E-state index in [0.717, 1.165) is 55.5 Å². The molecule has 1 amide bonds. The summed E-state index contributed by atoms with van der Waals surface area (Å²) in [5, 5.41) is 5.48. The standard InChI is InChI=1S/C24H34N2O3S/c1-5-8-14-26(15-9-6-2)16-21(27)25-23-22(24(28)29-7-3)20(17-30-23)19-12-10-18(4)11-13-19/h10-13,17H,5-9,14-16H2,1-4H3,(H,25,27)/p+1. The molecule has 0 bridgehead atoms. The Hall–Kier alpha value is -2.18. The first-order valence-electron chi connectivity index (χ1n) is 11.0. The number of aryl methyl sites for hydroxylation is 1. The van der Waals surface area contributed by atoms with Crippen molar-refractivity contribution in [3.8, 4) is 11.1 Å². The van der Waals surface area contributed by atoms with Crippen molar-refractivity contribution in [2.24, 2.45) is 0 Å². The fraction of sp³-hybridized carbons (Fsp3) is 0.500. The first-order valence-corrected chi connectivity index (χ1v) is 11.9. The Labute approximate surface area is 184 Å². The van der Waals surface area contributed by atoms with Gasteiger partial charge in [-0.1, -0.05) is 56.5 Å². The van der Waals surface area contributed by atoms with Crippen LogP contribution < -0.4 is 10.2 Å². The maximum absolute atomic E-state index is 12.8. The number of rotatable bonds is 12. The van der Waals surface area contributed by atoms with E-state index in [2.05, 4.69) is 19.2 Å². The van der Waals surface area contributed by atoms with E-state index >= 15 is 0 Å². The highest BCUT2D eigenvalue weighted by Crippen LogP contribution is 2.36. The van der Waals surface area contributed by atoms with Gasteiger partial charge in [-0.05, 0) is 32.3 Å². The number of ether oxygens (including phenoxy) is 1. The number of quaternary nitrogens is 1. The number of thiophene rings is 1. The summed E-state index contributed by atoms with van der Waals surface area (Å²) < 4.78 is 5.29.